The van der Waals surface area contributed by atoms with Crippen LogP contribution < -0.4 is 15.4 Å². The highest BCUT2D eigenvalue weighted by Crippen LogP contribution is 2.26. The zero-order valence-electron chi connectivity index (χ0n) is 14.6. The number of likely N-dealkylation sites (tertiary alicyclic amines) is 1. The van der Waals surface area contributed by atoms with Crippen LogP contribution in [0.3, 0.4) is 0 Å². The first-order valence-corrected chi connectivity index (χ1v) is 9.03. The molecule has 1 heterocycles. The van der Waals surface area contributed by atoms with E-state index < -0.39 is 23.9 Å². The zero-order chi connectivity index (χ0) is 19.3. The molecule has 1 fully saturated rings. The topological polar surface area (TPSA) is 87.7 Å². The Bertz CT molecular complexity index is 701. The van der Waals surface area contributed by atoms with Crippen LogP contribution >= 0.6 is 15.9 Å². The number of amides is 3. The molecule has 2 N–H and O–H groups in total. The van der Waals surface area contributed by atoms with E-state index >= 15 is 0 Å². The van der Waals surface area contributed by atoms with Crippen molar-refractivity contribution in [3.8, 4) is 5.75 Å². The molecule has 0 bridgehead atoms. The Morgan fingerprint density at radius 1 is 1.42 bits per heavy atom. The van der Waals surface area contributed by atoms with Crippen molar-refractivity contribution < 1.29 is 23.5 Å². The Balaban J connectivity index is 1.87. The summed E-state index contributed by atoms with van der Waals surface area (Å²) in [7, 11) is 1.53. The molecule has 1 aliphatic rings. The number of hydrogen-bond acceptors (Lipinski definition) is 4. The average Bonchev–Trinajstić information content (AvgIpc) is 3.10. The van der Waals surface area contributed by atoms with E-state index in [9.17, 15) is 18.8 Å². The van der Waals surface area contributed by atoms with Crippen LogP contribution in [0.15, 0.2) is 22.7 Å². The maximum absolute atomic E-state index is 13.1. The van der Waals surface area contributed by atoms with E-state index in [4.69, 9.17) is 4.74 Å². The van der Waals surface area contributed by atoms with Gasteiger partial charge in [-0.1, -0.05) is 0 Å². The molecule has 0 aromatic heterocycles. The standard InChI is InChI=1S/C17H21BrFN3O4/c1-10(26-14-6-5-11(19)8-12(14)18)16(24)21-9-15(23)22-7-3-4-13(22)17(25)20-2/h5-6,8,10,13H,3-4,7,9H2,1-2H3,(H,20,25)(H,21,24). The van der Waals surface area contributed by atoms with Crippen LogP contribution in [-0.2, 0) is 14.4 Å². The normalized spacial score (nSPS) is 17.5. The van der Waals surface area contributed by atoms with Gasteiger partial charge in [-0.05, 0) is 53.9 Å². The van der Waals surface area contributed by atoms with Crippen molar-refractivity contribution in [1.29, 1.82) is 0 Å². The van der Waals surface area contributed by atoms with Gasteiger partial charge in [0, 0.05) is 13.6 Å². The van der Waals surface area contributed by atoms with E-state index in [1.165, 1.54) is 37.1 Å². The van der Waals surface area contributed by atoms with Crippen molar-refractivity contribution in [2.45, 2.75) is 31.9 Å². The third-order valence-electron chi connectivity index (χ3n) is 4.10. The second-order valence-corrected chi connectivity index (χ2v) is 6.77. The van der Waals surface area contributed by atoms with E-state index in [1.807, 2.05) is 0 Å². The van der Waals surface area contributed by atoms with Gasteiger partial charge in [-0.15, -0.1) is 0 Å². The molecule has 0 saturated carbocycles. The van der Waals surface area contributed by atoms with Crippen LogP contribution in [0.5, 0.6) is 5.75 Å². The minimum absolute atomic E-state index is 0.208. The van der Waals surface area contributed by atoms with Crippen molar-refractivity contribution in [2.24, 2.45) is 0 Å². The Morgan fingerprint density at radius 2 is 2.15 bits per heavy atom. The quantitative estimate of drug-likeness (QED) is 0.711. The van der Waals surface area contributed by atoms with Crippen molar-refractivity contribution >= 4 is 33.7 Å². The number of nitrogens with zero attached hydrogens (tertiary/aromatic N) is 1. The Morgan fingerprint density at radius 3 is 2.81 bits per heavy atom. The Hall–Kier alpha value is -2.16. The minimum atomic E-state index is -0.877. The summed E-state index contributed by atoms with van der Waals surface area (Å²) in [6.07, 6.45) is 0.478. The van der Waals surface area contributed by atoms with Gasteiger partial charge in [0.15, 0.2) is 6.10 Å². The number of ether oxygens (including phenoxy) is 1. The lowest BCUT2D eigenvalue weighted by Crippen LogP contribution is -2.49. The first-order valence-electron chi connectivity index (χ1n) is 8.24. The van der Waals surface area contributed by atoms with Gasteiger partial charge in [0.2, 0.25) is 11.8 Å². The van der Waals surface area contributed by atoms with E-state index in [0.29, 0.717) is 23.2 Å². The third-order valence-corrected chi connectivity index (χ3v) is 4.72. The predicted molar refractivity (Wildman–Crippen MR) is 96.0 cm³/mol. The highest BCUT2D eigenvalue weighted by molar-refractivity contribution is 9.10. The molecular formula is C17H21BrFN3O4. The fourth-order valence-corrected chi connectivity index (χ4v) is 3.17. The smallest absolute Gasteiger partial charge is 0.261 e. The fourth-order valence-electron chi connectivity index (χ4n) is 2.73. The molecule has 1 aromatic carbocycles. The largest absolute Gasteiger partial charge is 0.480 e. The van der Waals surface area contributed by atoms with Gasteiger partial charge in [-0.25, -0.2) is 4.39 Å². The first kappa shape index (κ1) is 20.2. The second kappa shape index (κ2) is 8.98. The van der Waals surface area contributed by atoms with Gasteiger partial charge in [0.25, 0.3) is 5.91 Å². The summed E-state index contributed by atoms with van der Waals surface area (Å²) in [6.45, 7) is 1.80. The van der Waals surface area contributed by atoms with Gasteiger partial charge in [0.1, 0.15) is 17.6 Å². The first-order chi connectivity index (χ1) is 12.3. The minimum Gasteiger partial charge on any atom is -0.480 e. The molecule has 0 radical (unpaired) electrons. The van der Waals surface area contributed by atoms with Crippen LogP contribution in [-0.4, -0.2) is 54.9 Å². The molecule has 26 heavy (non-hydrogen) atoms. The summed E-state index contributed by atoms with van der Waals surface area (Å²) in [5, 5.41) is 5.05. The van der Waals surface area contributed by atoms with E-state index in [0.717, 1.165) is 6.42 Å². The van der Waals surface area contributed by atoms with Gasteiger partial charge < -0.3 is 20.3 Å². The highest BCUT2D eigenvalue weighted by Gasteiger charge is 2.33. The SMILES string of the molecule is CNC(=O)C1CCCN1C(=O)CNC(=O)C(C)Oc1ccc(F)cc1Br. The molecule has 3 amide bonds. The van der Waals surface area contributed by atoms with E-state index in [-0.39, 0.29) is 18.4 Å². The molecule has 0 spiro atoms. The zero-order valence-corrected chi connectivity index (χ0v) is 16.1. The van der Waals surface area contributed by atoms with Crippen LogP contribution in [0.4, 0.5) is 4.39 Å². The molecule has 9 heteroatoms. The Labute approximate surface area is 159 Å². The summed E-state index contributed by atoms with van der Waals surface area (Å²) >= 11 is 3.16. The lowest BCUT2D eigenvalue weighted by molar-refractivity contribution is -0.139. The summed E-state index contributed by atoms with van der Waals surface area (Å²) in [5.74, 6) is -1.12. The molecule has 1 aliphatic heterocycles. The summed E-state index contributed by atoms with van der Waals surface area (Å²) < 4.78 is 18.9. The predicted octanol–water partition coefficient (Wildman–Crippen LogP) is 1.21. The Kier molecular flexibility index (Phi) is 6.96. The number of carbonyl (C=O) groups excluding carboxylic acids is 3. The third kappa shape index (κ3) is 4.94. The van der Waals surface area contributed by atoms with Gasteiger partial charge in [0.05, 0.1) is 11.0 Å². The van der Waals surface area contributed by atoms with Crippen molar-refractivity contribution in [3.05, 3.63) is 28.5 Å². The van der Waals surface area contributed by atoms with Crippen molar-refractivity contribution in [2.75, 3.05) is 20.1 Å². The van der Waals surface area contributed by atoms with E-state index in [2.05, 4.69) is 26.6 Å². The van der Waals surface area contributed by atoms with Crippen LogP contribution in [0, 0.1) is 5.82 Å². The monoisotopic (exact) mass is 429 g/mol. The molecular weight excluding hydrogens is 409 g/mol. The lowest BCUT2D eigenvalue weighted by Gasteiger charge is -2.24. The van der Waals surface area contributed by atoms with Crippen molar-refractivity contribution in [1.82, 2.24) is 15.5 Å². The summed E-state index contributed by atoms with van der Waals surface area (Å²) in [5.41, 5.74) is 0. The molecule has 0 aliphatic carbocycles. The maximum Gasteiger partial charge on any atom is 0.261 e. The molecule has 1 saturated heterocycles. The molecule has 2 atom stereocenters. The maximum atomic E-state index is 13.1. The molecule has 1 aromatic rings. The molecule has 2 unspecified atom stereocenters. The van der Waals surface area contributed by atoms with Gasteiger partial charge in [-0.2, -0.15) is 0 Å². The van der Waals surface area contributed by atoms with Crippen molar-refractivity contribution in [3.63, 3.8) is 0 Å². The number of hydrogen-bond donors (Lipinski definition) is 2. The number of rotatable bonds is 6. The summed E-state index contributed by atoms with van der Waals surface area (Å²) in [4.78, 5) is 37.7. The van der Waals surface area contributed by atoms with Gasteiger partial charge in [-0.3, -0.25) is 14.4 Å². The number of carbonyl (C=O) groups is 3. The van der Waals surface area contributed by atoms with E-state index in [1.54, 1.807) is 0 Å². The number of benzene rings is 1. The lowest BCUT2D eigenvalue weighted by atomic mass is 10.2. The second-order valence-electron chi connectivity index (χ2n) is 5.91. The average molecular weight is 430 g/mol. The van der Waals surface area contributed by atoms with Crippen LogP contribution in [0.2, 0.25) is 0 Å². The highest BCUT2D eigenvalue weighted by atomic mass is 79.9. The molecule has 142 valence electrons. The number of nitrogens with one attached hydrogen (secondary N) is 2. The fraction of sp³-hybridized carbons (Fsp3) is 0.471. The van der Waals surface area contributed by atoms with Crippen LogP contribution in [0.25, 0.3) is 0 Å². The molecule has 2 rings (SSSR count). The molecule has 7 nitrogen and oxygen atoms in total. The summed E-state index contributed by atoms with van der Waals surface area (Å²) in [6, 6.07) is 3.37. The van der Waals surface area contributed by atoms with Crippen LogP contribution in [0.1, 0.15) is 19.8 Å². The number of halogens is 2. The number of likely N-dealkylation sites (N-methyl/N-ethyl adjacent to an activating group) is 1. The van der Waals surface area contributed by atoms with Gasteiger partial charge >= 0.3 is 0 Å².